The van der Waals surface area contributed by atoms with Crippen LogP contribution in [0.4, 0.5) is 0 Å². The molecule has 0 saturated carbocycles. The van der Waals surface area contributed by atoms with Crippen LogP contribution >= 0.6 is 23.4 Å². The van der Waals surface area contributed by atoms with Crippen LogP contribution in [-0.2, 0) is 4.74 Å². The van der Waals surface area contributed by atoms with Crippen molar-refractivity contribution in [1.29, 1.82) is 0 Å². The molecule has 2 heterocycles. The van der Waals surface area contributed by atoms with Crippen molar-refractivity contribution in [2.24, 2.45) is 0 Å². The number of aryl methyl sites for hydroxylation is 2. The molecule has 0 radical (unpaired) electrons. The zero-order chi connectivity index (χ0) is 11.7. The first-order valence-electron chi connectivity index (χ1n) is 5.37. The highest BCUT2D eigenvalue weighted by atomic mass is 35.5. The predicted molar refractivity (Wildman–Crippen MR) is 66.2 cm³/mol. The third-order valence-corrected chi connectivity index (χ3v) is 4.61. The maximum absolute atomic E-state index is 6.09. The van der Waals surface area contributed by atoms with Crippen molar-refractivity contribution in [3.63, 3.8) is 0 Å². The Kier molecular flexibility index (Phi) is 3.72. The van der Waals surface area contributed by atoms with Crippen molar-refractivity contribution in [2.75, 3.05) is 6.61 Å². The highest BCUT2D eigenvalue weighted by Gasteiger charge is 2.26. The average Bonchev–Trinajstić information content (AvgIpc) is 2.61. The summed E-state index contributed by atoms with van der Waals surface area (Å²) in [6.45, 7) is 6.79. The molecule has 1 aromatic heterocycles. The Labute approximate surface area is 105 Å². The summed E-state index contributed by atoms with van der Waals surface area (Å²) in [5.74, 6) is 0. The van der Waals surface area contributed by atoms with Gasteiger partial charge in [-0.2, -0.15) is 0 Å². The van der Waals surface area contributed by atoms with Crippen molar-refractivity contribution in [3.05, 3.63) is 16.5 Å². The Morgan fingerprint density at radius 1 is 1.31 bits per heavy atom. The third kappa shape index (κ3) is 2.50. The molecule has 0 spiro atoms. The standard InChI is InChI=1S/C11H15ClN2OS/c1-6-7(2)14-11(10(12)13-6)16-9-4-5-15-8(9)3/h8-9H,4-5H2,1-3H3. The highest BCUT2D eigenvalue weighted by molar-refractivity contribution is 8.00. The zero-order valence-electron chi connectivity index (χ0n) is 9.66. The predicted octanol–water partition coefficient (Wildman–Crippen LogP) is 3.02. The quantitative estimate of drug-likeness (QED) is 0.817. The van der Waals surface area contributed by atoms with E-state index in [9.17, 15) is 0 Å². The monoisotopic (exact) mass is 258 g/mol. The molecule has 0 amide bonds. The number of rotatable bonds is 2. The fourth-order valence-electron chi connectivity index (χ4n) is 1.64. The molecule has 0 aliphatic carbocycles. The first kappa shape index (κ1) is 12.1. The van der Waals surface area contributed by atoms with E-state index >= 15 is 0 Å². The molecule has 5 heteroatoms. The van der Waals surface area contributed by atoms with E-state index in [2.05, 4.69) is 16.9 Å². The Hall–Kier alpha value is -0.320. The second kappa shape index (κ2) is 4.90. The van der Waals surface area contributed by atoms with Gasteiger partial charge in [0.25, 0.3) is 0 Å². The minimum absolute atomic E-state index is 0.268. The Morgan fingerprint density at radius 2 is 2.00 bits per heavy atom. The van der Waals surface area contributed by atoms with E-state index in [0.29, 0.717) is 10.4 Å². The van der Waals surface area contributed by atoms with Crippen LogP contribution in [0.25, 0.3) is 0 Å². The van der Waals surface area contributed by atoms with Crippen LogP contribution < -0.4 is 0 Å². The fourth-order valence-corrected chi connectivity index (χ4v) is 3.05. The zero-order valence-corrected chi connectivity index (χ0v) is 11.2. The van der Waals surface area contributed by atoms with E-state index in [1.165, 1.54) is 0 Å². The van der Waals surface area contributed by atoms with Crippen LogP contribution in [-0.4, -0.2) is 27.9 Å². The number of aromatic nitrogens is 2. The van der Waals surface area contributed by atoms with Gasteiger partial charge >= 0.3 is 0 Å². The molecule has 1 aromatic rings. The Bertz CT molecular complexity index is 400. The molecule has 0 N–H and O–H groups in total. The van der Waals surface area contributed by atoms with Gasteiger partial charge in [-0.25, -0.2) is 9.97 Å². The largest absolute Gasteiger partial charge is 0.377 e. The van der Waals surface area contributed by atoms with Gasteiger partial charge in [-0.3, -0.25) is 0 Å². The van der Waals surface area contributed by atoms with Crippen LogP contribution in [0.3, 0.4) is 0 Å². The second-order valence-electron chi connectivity index (χ2n) is 4.01. The van der Waals surface area contributed by atoms with Crippen molar-refractivity contribution in [2.45, 2.75) is 43.6 Å². The molecule has 2 atom stereocenters. The van der Waals surface area contributed by atoms with E-state index in [-0.39, 0.29) is 6.10 Å². The van der Waals surface area contributed by atoms with E-state index in [0.717, 1.165) is 29.4 Å². The Morgan fingerprint density at radius 3 is 2.62 bits per heavy atom. The normalized spacial score (nSPS) is 25.0. The van der Waals surface area contributed by atoms with Crippen LogP contribution in [0.1, 0.15) is 24.7 Å². The SMILES string of the molecule is Cc1nc(Cl)c(SC2CCOC2C)nc1C. The summed E-state index contributed by atoms with van der Waals surface area (Å²) < 4.78 is 5.52. The number of hydrogen-bond acceptors (Lipinski definition) is 4. The van der Waals surface area contributed by atoms with Gasteiger partial charge in [0.2, 0.25) is 0 Å². The molecule has 3 nitrogen and oxygen atoms in total. The van der Waals surface area contributed by atoms with E-state index in [1.54, 1.807) is 11.8 Å². The summed E-state index contributed by atoms with van der Waals surface area (Å²) in [6.07, 6.45) is 1.32. The van der Waals surface area contributed by atoms with Crippen LogP contribution in [0.2, 0.25) is 5.15 Å². The minimum Gasteiger partial charge on any atom is -0.377 e. The lowest BCUT2D eigenvalue weighted by molar-refractivity contribution is 0.127. The maximum atomic E-state index is 6.09. The smallest absolute Gasteiger partial charge is 0.161 e. The molecule has 1 aliphatic heterocycles. The molecule has 1 fully saturated rings. The molecular formula is C11H15ClN2OS. The van der Waals surface area contributed by atoms with Gasteiger partial charge in [0.05, 0.1) is 17.5 Å². The van der Waals surface area contributed by atoms with E-state index in [1.807, 2.05) is 13.8 Å². The number of nitrogens with zero attached hydrogens (tertiary/aromatic N) is 2. The van der Waals surface area contributed by atoms with Crippen LogP contribution in [0, 0.1) is 13.8 Å². The number of ether oxygens (including phenoxy) is 1. The van der Waals surface area contributed by atoms with Crippen molar-refractivity contribution in [1.82, 2.24) is 9.97 Å². The number of thioether (sulfide) groups is 1. The molecule has 1 aliphatic rings. The van der Waals surface area contributed by atoms with Gasteiger partial charge in [0.1, 0.15) is 5.03 Å². The van der Waals surface area contributed by atoms with Crippen LogP contribution in [0.5, 0.6) is 0 Å². The molecule has 2 rings (SSSR count). The fraction of sp³-hybridized carbons (Fsp3) is 0.636. The molecule has 2 unspecified atom stereocenters. The minimum atomic E-state index is 0.268. The number of halogens is 1. The number of hydrogen-bond donors (Lipinski definition) is 0. The molecule has 88 valence electrons. The lowest BCUT2D eigenvalue weighted by Gasteiger charge is -2.14. The molecular weight excluding hydrogens is 244 g/mol. The van der Waals surface area contributed by atoms with Crippen molar-refractivity contribution < 1.29 is 4.74 Å². The summed E-state index contributed by atoms with van der Waals surface area (Å²) in [6, 6.07) is 0. The van der Waals surface area contributed by atoms with Gasteiger partial charge in [0.15, 0.2) is 5.15 Å². The van der Waals surface area contributed by atoms with Gasteiger partial charge in [-0.15, -0.1) is 0 Å². The first-order valence-corrected chi connectivity index (χ1v) is 6.62. The van der Waals surface area contributed by atoms with Crippen molar-refractivity contribution in [3.8, 4) is 0 Å². The van der Waals surface area contributed by atoms with Gasteiger partial charge in [-0.05, 0) is 27.2 Å². The summed E-state index contributed by atoms with van der Waals surface area (Å²) in [5, 5.41) is 1.77. The van der Waals surface area contributed by atoms with E-state index < -0.39 is 0 Å². The summed E-state index contributed by atoms with van der Waals surface area (Å²) in [5.41, 5.74) is 1.84. The summed E-state index contributed by atoms with van der Waals surface area (Å²) in [4.78, 5) is 8.76. The van der Waals surface area contributed by atoms with Gasteiger partial charge in [0, 0.05) is 11.9 Å². The summed E-state index contributed by atoms with van der Waals surface area (Å²) in [7, 11) is 0. The highest BCUT2D eigenvalue weighted by Crippen LogP contribution is 2.34. The van der Waals surface area contributed by atoms with E-state index in [4.69, 9.17) is 16.3 Å². The summed E-state index contributed by atoms with van der Waals surface area (Å²) >= 11 is 7.77. The van der Waals surface area contributed by atoms with Gasteiger partial charge < -0.3 is 4.74 Å². The third-order valence-electron chi connectivity index (χ3n) is 2.80. The topological polar surface area (TPSA) is 35.0 Å². The maximum Gasteiger partial charge on any atom is 0.161 e. The molecule has 0 bridgehead atoms. The van der Waals surface area contributed by atoms with Crippen LogP contribution in [0.15, 0.2) is 5.03 Å². The average molecular weight is 259 g/mol. The first-order chi connectivity index (χ1) is 7.58. The molecule has 1 saturated heterocycles. The van der Waals surface area contributed by atoms with Crippen molar-refractivity contribution >= 4 is 23.4 Å². The Balaban J connectivity index is 2.18. The lowest BCUT2D eigenvalue weighted by Crippen LogP contribution is -2.13. The lowest BCUT2D eigenvalue weighted by atomic mass is 10.3. The van der Waals surface area contributed by atoms with Gasteiger partial charge in [-0.1, -0.05) is 23.4 Å². The molecule has 16 heavy (non-hydrogen) atoms. The molecule has 0 aromatic carbocycles. The second-order valence-corrected chi connectivity index (χ2v) is 5.60.